The Kier molecular flexibility index (Phi) is 10.0. The van der Waals surface area contributed by atoms with Gasteiger partial charge in [0.2, 0.25) is 0 Å². The van der Waals surface area contributed by atoms with Gasteiger partial charge in [0.25, 0.3) is 12.3 Å². The van der Waals surface area contributed by atoms with Crippen molar-refractivity contribution in [3.63, 3.8) is 0 Å². The molecule has 0 fully saturated rings. The number of aromatic nitrogens is 1. The van der Waals surface area contributed by atoms with Gasteiger partial charge >= 0.3 is 11.8 Å². The highest BCUT2D eigenvalue weighted by Gasteiger charge is 2.17. The zero-order valence-corrected chi connectivity index (χ0v) is 19.2. The molecule has 3 aromatic rings. The second kappa shape index (κ2) is 12.9. The topological polar surface area (TPSA) is 109 Å². The van der Waals surface area contributed by atoms with Crippen LogP contribution in [0.25, 0.3) is 0 Å². The van der Waals surface area contributed by atoms with Crippen LogP contribution in [0.3, 0.4) is 0 Å². The van der Waals surface area contributed by atoms with E-state index in [-0.39, 0.29) is 22.3 Å². The van der Waals surface area contributed by atoms with Crippen LogP contribution in [-0.4, -0.2) is 36.9 Å². The van der Waals surface area contributed by atoms with Crippen molar-refractivity contribution in [2.45, 2.75) is 6.43 Å². The summed E-state index contributed by atoms with van der Waals surface area (Å²) >= 11 is 5.69. The summed E-state index contributed by atoms with van der Waals surface area (Å²) in [5, 5.41) is 6.95. The number of nitrogens with zero attached hydrogens (tertiary/aromatic N) is 1. The van der Waals surface area contributed by atoms with Gasteiger partial charge in [-0.1, -0.05) is 11.6 Å². The molecule has 3 rings (SSSR count). The first-order valence-electron chi connectivity index (χ1n) is 9.80. The Bertz CT molecular complexity index is 1190. The highest BCUT2D eigenvalue weighted by Crippen LogP contribution is 2.29. The number of hydrogen-bond acceptors (Lipinski definition) is 5. The third-order valence-electron chi connectivity index (χ3n) is 4.23. The van der Waals surface area contributed by atoms with Crippen molar-refractivity contribution in [2.75, 3.05) is 24.9 Å². The van der Waals surface area contributed by atoms with Gasteiger partial charge in [0.1, 0.15) is 17.2 Å². The molecule has 2 aromatic carbocycles. The number of amides is 3. The number of nitrogens with one attached hydrogen (secondary N) is 3. The molecule has 0 bridgehead atoms. The number of carbonyl (C=O) groups is 3. The van der Waals surface area contributed by atoms with E-state index in [0.29, 0.717) is 24.4 Å². The molecule has 0 saturated carbocycles. The molecule has 12 heteroatoms. The standard InChI is InChI=1S/C22H17ClF2N4O4.CH3F/c1-26-20(30)18-11-15(8-9-27-18)33-14-5-2-12(3-6-14)28-21(31)22(32)29-13-4-7-17(23)16(10-13)19(24)25;1-2/h2-11,19H,1H3,(H,26,30)(H,28,31)(H,29,32);1H3. The molecule has 0 aliphatic heterocycles. The average Bonchev–Trinajstić information content (AvgIpc) is 2.87. The zero-order chi connectivity index (χ0) is 26.0. The summed E-state index contributed by atoms with van der Waals surface area (Å²) in [5.41, 5.74) is 0.0353. The number of benzene rings is 2. The second-order valence-corrected chi connectivity index (χ2v) is 6.93. The Labute approximate surface area is 203 Å². The van der Waals surface area contributed by atoms with E-state index in [1.165, 1.54) is 43.6 Å². The molecule has 0 saturated heterocycles. The lowest BCUT2D eigenvalue weighted by Crippen LogP contribution is -2.29. The van der Waals surface area contributed by atoms with Crippen LogP contribution >= 0.6 is 11.6 Å². The first kappa shape index (κ1) is 27.1. The molecule has 0 aliphatic carbocycles. The smallest absolute Gasteiger partial charge is 0.314 e. The Morgan fingerprint density at radius 1 is 0.886 bits per heavy atom. The third-order valence-corrected chi connectivity index (χ3v) is 4.58. The number of ether oxygens (including phenoxy) is 1. The minimum atomic E-state index is -2.83. The Morgan fingerprint density at radius 3 is 2.09 bits per heavy atom. The maximum Gasteiger partial charge on any atom is 0.314 e. The number of rotatable bonds is 6. The number of anilines is 2. The summed E-state index contributed by atoms with van der Waals surface area (Å²) in [7, 11) is 1.99. The van der Waals surface area contributed by atoms with Gasteiger partial charge in [0.05, 0.1) is 7.18 Å². The van der Waals surface area contributed by atoms with Crippen molar-refractivity contribution in [3.05, 3.63) is 77.1 Å². The molecule has 0 atom stereocenters. The normalized spacial score (nSPS) is 10.0. The summed E-state index contributed by atoms with van der Waals surface area (Å²) in [6.45, 7) is 0. The fourth-order valence-electron chi connectivity index (χ4n) is 2.63. The maximum atomic E-state index is 12.9. The van der Waals surface area contributed by atoms with E-state index in [1.54, 1.807) is 18.2 Å². The molecule has 0 radical (unpaired) electrons. The molecule has 184 valence electrons. The number of hydrogen-bond donors (Lipinski definition) is 3. The van der Waals surface area contributed by atoms with Crippen molar-refractivity contribution in [1.82, 2.24) is 10.3 Å². The number of halogens is 4. The van der Waals surface area contributed by atoms with Gasteiger partial charge in [-0.05, 0) is 48.5 Å². The zero-order valence-electron chi connectivity index (χ0n) is 18.4. The number of carbonyl (C=O) groups excluding carboxylic acids is 3. The summed E-state index contributed by atoms with van der Waals surface area (Å²) in [4.78, 5) is 39.8. The Hall–Kier alpha value is -4.12. The van der Waals surface area contributed by atoms with Crippen molar-refractivity contribution in [2.24, 2.45) is 0 Å². The molecule has 0 aliphatic rings. The van der Waals surface area contributed by atoms with Gasteiger partial charge in [0, 0.05) is 41.3 Å². The van der Waals surface area contributed by atoms with E-state index < -0.39 is 23.8 Å². The van der Waals surface area contributed by atoms with Crippen LogP contribution in [0, 0.1) is 0 Å². The minimum absolute atomic E-state index is 0.00655. The first-order valence-corrected chi connectivity index (χ1v) is 10.2. The van der Waals surface area contributed by atoms with Crippen molar-refractivity contribution < 1.29 is 32.3 Å². The quantitative estimate of drug-likeness (QED) is 0.406. The fourth-order valence-corrected chi connectivity index (χ4v) is 2.83. The molecule has 3 amide bonds. The summed E-state index contributed by atoms with van der Waals surface area (Å²) in [5.74, 6) is -1.61. The summed E-state index contributed by atoms with van der Waals surface area (Å²) in [6, 6.07) is 12.6. The van der Waals surface area contributed by atoms with Gasteiger partial charge in [-0.25, -0.2) is 8.78 Å². The molecule has 1 heterocycles. The van der Waals surface area contributed by atoms with E-state index >= 15 is 0 Å². The predicted octanol–water partition coefficient (Wildman–Crippen LogP) is 4.99. The fraction of sp³-hybridized carbons (Fsp3) is 0.130. The monoisotopic (exact) mass is 508 g/mol. The average molecular weight is 509 g/mol. The van der Waals surface area contributed by atoms with Gasteiger partial charge < -0.3 is 20.7 Å². The number of pyridine rings is 1. The highest BCUT2D eigenvalue weighted by atomic mass is 35.5. The van der Waals surface area contributed by atoms with Crippen LogP contribution in [0.5, 0.6) is 11.5 Å². The largest absolute Gasteiger partial charge is 0.457 e. The van der Waals surface area contributed by atoms with Crippen LogP contribution in [0.1, 0.15) is 22.5 Å². The molecule has 1 aromatic heterocycles. The predicted molar refractivity (Wildman–Crippen MR) is 125 cm³/mol. The van der Waals surface area contributed by atoms with E-state index in [4.69, 9.17) is 16.3 Å². The highest BCUT2D eigenvalue weighted by molar-refractivity contribution is 6.43. The van der Waals surface area contributed by atoms with E-state index in [1.807, 2.05) is 0 Å². The maximum absolute atomic E-state index is 12.9. The lowest BCUT2D eigenvalue weighted by Gasteiger charge is -2.10. The molecule has 8 nitrogen and oxygen atoms in total. The van der Waals surface area contributed by atoms with Crippen LogP contribution in [0.4, 0.5) is 24.5 Å². The molecule has 0 spiro atoms. The number of alkyl halides is 3. The minimum Gasteiger partial charge on any atom is -0.457 e. The molecule has 3 N–H and O–H groups in total. The van der Waals surface area contributed by atoms with Gasteiger partial charge in [-0.3, -0.25) is 23.8 Å². The van der Waals surface area contributed by atoms with E-state index in [2.05, 4.69) is 20.9 Å². The van der Waals surface area contributed by atoms with Gasteiger partial charge in [-0.15, -0.1) is 0 Å². The van der Waals surface area contributed by atoms with Gasteiger partial charge in [-0.2, -0.15) is 0 Å². The third kappa shape index (κ3) is 7.71. The molecule has 0 unspecified atom stereocenters. The lowest BCUT2D eigenvalue weighted by molar-refractivity contribution is -0.132. The van der Waals surface area contributed by atoms with Crippen LogP contribution < -0.4 is 20.7 Å². The lowest BCUT2D eigenvalue weighted by atomic mass is 10.2. The summed E-state index contributed by atoms with van der Waals surface area (Å²) < 4.78 is 41.0. The summed E-state index contributed by atoms with van der Waals surface area (Å²) in [6.07, 6.45) is -1.40. The van der Waals surface area contributed by atoms with Crippen molar-refractivity contribution >= 4 is 40.7 Å². The van der Waals surface area contributed by atoms with Crippen LogP contribution in [-0.2, 0) is 9.59 Å². The van der Waals surface area contributed by atoms with E-state index in [9.17, 15) is 27.6 Å². The SMILES string of the molecule is CF.CNC(=O)c1cc(Oc2ccc(NC(=O)C(=O)Nc3ccc(Cl)c(C(F)F)c3)cc2)ccn1. The Morgan fingerprint density at radius 2 is 1.49 bits per heavy atom. The molecule has 35 heavy (non-hydrogen) atoms. The second-order valence-electron chi connectivity index (χ2n) is 6.53. The van der Waals surface area contributed by atoms with E-state index in [0.717, 1.165) is 6.07 Å². The molecular weight excluding hydrogens is 489 g/mol. The Balaban J connectivity index is 0.00000210. The van der Waals surface area contributed by atoms with Crippen molar-refractivity contribution in [1.29, 1.82) is 0 Å². The molecular formula is C23H20ClF3N4O4. The first-order chi connectivity index (χ1) is 16.8. The van der Waals surface area contributed by atoms with Crippen LogP contribution in [0.15, 0.2) is 60.8 Å². The van der Waals surface area contributed by atoms with Crippen molar-refractivity contribution in [3.8, 4) is 11.5 Å². The van der Waals surface area contributed by atoms with Gasteiger partial charge in [0.15, 0.2) is 0 Å². The van der Waals surface area contributed by atoms with Crippen LogP contribution in [0.2, 0.25) is 5.02 Å².